The topological polar surface area (TPSA) is 41.1 Å². The fourth-order valence-electron chi connectivity index (χ4n) is 2.22. The lowest BCUT2D eigenvalue weighted by Gasteiger charge is -2.12. The van der Waals surface area contributed by atoms with Gasteiger partial charge in [-0.2, -0.15) is 0 Å². The number of benzene rings is 1. The van der Waals surface area contributed by atoms with Crippen molar-refractivity contribution in [1.29, 1.82) is 0 Å². The van der Waals surface area contributed by atoms with Gasteiger partial charge in [0, 0.05) is 12.6 Å². The van der Waals surface area contributed by atoms with Gasteiger partial charge < -0.3 is 10.6 Å². The van der Waals surface area contributed by atoms with E-state index in [1.165, 1.54) is 11.1 Å². The predicted octanol–water partition coefficient (Wildman–Crippen LogP) is 1.32. The normalized spacial score (nSPS) is 19.3. The summed E-state index contributed by atoms with van der Waals surface area (Å²) in [5.41, 5.74) is 3.53. The Kier molecular flexibility index (Phi) is 3.79. The smallest absolute Gasteiger partial charge is 0.224 e. The SMILES string of the molecule is Cc1ccc(C)c(CC(=O)NC2CCNC2)c1. The van der Waals surface area contributed by atoms with Gasteiger partial charge in [0.2, 0.25) is 5.91 Å². The first-order valence-electron chi connectivity index (χ1n) is 6.21. The van der Waals surface area contributed by atoms with Gasteiger partial charge >= 0.3 is 0 Å². The minimum absolute atomic E-state index is 0.132. The molecule has 1 heterocycles. The highest BCUT2D eigenvalue weighted by molar-refractivity contribution is 5.79. The third-order valence-corrected chi connectivity index (χ3v) is 3.28. The van der Waals surface area contributed by atoms with Crippen molar-refractivity contribution in [3.63, 3.8) is 0 Å². The van der Waals surface area contributed by atoms with E-state index in [0.717, 1.165) is 25.1 Å². The van der Waals surface area contributed by atoms with E-state index in [9.17, 15) is 4.79 Å². The molecule has 92 valence electrons. The second-order valence-electron chi connectivity index (χ2n) is 4.86. The summed E-state index contributed by atoms with van der Waals surface area (Å²) in [6, 6.07) is 6.57. The van der Waals surface area contributed by atoms with Crippen LogP contribution in [0.3, 0.4) is 0 Å². The maximum Gasteiger partial charge on any atom is 0.224 e. The van der Waals surface area contributed by atoms with E-state index in [0.29, 0.717) is 12.5 Å². The van der Waals surface area contributed by atoms with Crippen molar-refractivity contribution in [1.82, 2.24) is 10.6 Å². The molecule has 1 saturated heterocycles. The number of rotatable bonds is 3. The second kappa shape index (κ2) is 5.32. The predicted molar refractivity (Wildman–Crippen MR) is 69.0 cm³/mol. The minimum Gasteiger partial charge on any atom is -0.352 e. The quantitative estimate of drug-likeness (QED) is 0.825. The Balaban J connectivity index is 1.95. The molecule has 1 amide bonds. The molecule has 1 aliphatic heterocycles. The molecule has 3 heteroatoms. The molecule has 1 aromatic rings. The van der Waals surface area contributed by atoms with Crippen molar-refractivity contribution in [2.24, 2.45) is 0 Å². The van der Waals surface area contributed by atoms with Gasteiger partial charge in [0.15, 0.2) is 0 Å². The Labute approximate surface area is 103 Å². The van der Waals surface area contributed by atoms with E-state index in [-0.39, 0.29) is 5.91 Å². The number of hydrogen-bond donors (Lipinski definition) is 2. The van der Waals surface area contributed by atoms with Crippen LogP contribution < -0.4 is 10.6 Å². The summed E-state index contributed by atoms with van der Waals surface area (Å²) < 4.78 is 0. The van der Waals surface area contributed by atoms with Gasteiger partial charge in [0.1, 0.15) is 0 Å². The molecule has 0 radical (unpaired) electrons. The lowest BCUT2D eigenvalue weighted by atomic mass is 10.0. The molecule has 0 spiro atoms. The van der Waals surface area contributed by atoms with E-state index in [1.807, 2.05) is 0 Å². The van der Waals surface area contributed by atoms with E-state index in [4.69, 9.17) is 0 Å². The second-order valence-corrected chi connectivity index (χ2v) is 4.86. The van der Waals surface area contributed by atoms with Gasteiger partial charge in [0.25, 0.3) is 0 Å². The van der Waals surface area contributed by atoms with Gasteiger partial charge in [0.05, 0.1) is 6.42 Å². The van der Waals surface area contributed by atoms with Crippen LogP contribution in [0.4, 0.5) is 0 Å². The summed E-state index contributed by atoms with van der Waals surface area (Å²) in [5.74, 6) is 0.132. The summed E-state index contributed by atoms with van der Waals surface area (Å²) in [4.78, 5) is 11.9. The molecule has 2 rings (SSSR count). The Morgan fingerprint density at radius 2 is 2.29 bits per heavy atom. The monoisotopic (exact) mass is 232 g/mol. The van der Waals surface area contributed by atoms with Crippen LogP contribution in [0.25, 0.3) is 0 Å². The minimum atomic E-state index is 0.132. The fraction of sp³-hybridized carbons (Fsp3) is 0.500. The van der Waals surface area contributed by atoms with Gasteiger partial charge in [-0.25, -0.2) is 0 Å². The van der Waals surface area contributed by atoms with E-state index in [1.54, 1.807) is 0 Å². The Hall–Kier alpha value is -1.35. The van der Waals surface area contributed by atoms with Crippen LogP contribution in [0.1, 0.15) is 23.1 Å². The molecule has 1 fully saturated rings. The van der Waals surface area contributed by atoms with E-state index < -0.39 is 0 Å². The lowest BCUT2D eigenvalue weighted by molar-refractivity contribution is -0.121. The van der Waals surface area contributed by atoms with Crippen LogP contribution in [-0.2, 0) is 11.2 Å². The molecule has 17 heavy (non-hydrogen) atoms. The number of carbonyl (C=O) groups is 1. The first-order valence-corrected chi connectivity index (χ1v) is 6.21. The first kappa shape index (κ1) is 12.1. The summed E-state index contributed by atoms with van der Waals surface area (Å²) in [5, 5.41) is 6.32. The summed E-state index contributed by atoms with van der Waals surface area (Å²) >= 11 is 0. The average molecular weight is 232 g/mol. The van der Waals surface area contributed by atoms with Crippen LogP contribution in [0.5, 0.6) is 0 Å². The van der Waals surface area contributed by atoms with Crippen molar-refractivity contribution in [2.45, 2.75) is 32.7 Å². The molecular weight excluding hydrogens is 212 g/mol. The number of nitrogens with one attached hydrogen (secondary N) is 2. The maximum atomic E-state index is 11.9. The zero-order valence-electron chi connectivity index (χ0n) is 10.5. The number of hydrogen-bond acceptors (Lipinski definition) is 2. The molecule has 1 atom stereocenters. The number of carbonyl (C=O) groups excluding carboxylic acids is 1. The molecular formula is C14H20N2O. The molecule has 0 bridgehead atoms. The Morgan fingerprint density at radius 1 is 1.47 bits per heavy atom. The van der Waals surface area contributed by atoms with Crippen LogP contribution >= 0.6 is 0 Å². The molecule has 0 aliphatic carbocycles. The molecule has 0 aromatic heterocycles. The van der Waals surface area contributed by atoms with Crippen molar-refractivity contribution < 1.29 is 4.79 Å². The standard InChI is InChI=1S/C14H20N2O/c1-10-3-4-11(2)12(7-10)8-14(17)16-13-5-6-15-9-13/h3-4,7,13,15H,5-6,8-9H2,1-2H3,(H,16,17). The van der Waals surface area contributed by atoms with Gasteiger partial charge in [-0.05, 0) is 37.9 Å². The molecule has 1 aromatic carbocycles. The van der Waals surface area contributed by atoms with Gasteiger partial charge in [-0.15, -0.1) is 0 Å². The third kappa shape index (κ3) is 3.30. The third-order valence-electron chi connectivity index (χ3n) is 3.28. The molecule has 1 aliphatic rings. The van der Waals surface area contributed by atoms with E-state index in [2.05, 4.69) is 42.7 Å². The van der Waals surface area contributed by atoms with Crippen molar-refractivity contribution in [3.05, 3.63) is 34.9 Å². The lowest BCUT2D eigenvalue weighted by Crippen LogP contribution is -2.37. The van der Waals surface area contributed by atoms with Crippen LogP contribution in [0.2, 0.25) is 0 Å². The highest BCUT2D eigenvalue weighted by Crippen LogP contribution is 2.11. The highest BCUT2D eigenvalue weighted by Gasteiger charge is 2.16. The molecule has 0 saturated carbocycles. The van der Waals surface area contributed by atoms with Crippen LogP contribution in [-0.4, -0.2) is 25.0 Å². The van der Waals surface area contributed by atoms with Gasteiger partial charge in [-0.1, -0.05) is 23.8 Å². The first-order chi connectivity index (χ1) is 8.15. The zero-order chi connectivity index (χ0) is 12.3. The summed E-state index contributed by atoms with van der Waals surface area (Å²) in [7, 11) is 0. The summed E-state index contributed by atoms with van der Waals surface area (Å²) in [6.07, 6.45) is 1.53. The molecule has 1 unspecified atom stereocenters. The zero-order valence-corrected chi connectivity index (χ0v) is 10.5. The van der Waals surface area contributed by atoms with Gasteiger partial charge in [-0.3, -0.25) is 4.79 Å². The van der Waals surface area contributed by atoms with Crippen LogP contribution in [0, 0.1) is 13.8 Å². The molecule has 3 nitrogen and oxygen atoms in total. The van der Waals surface area contributed by atoms with Crippen molar-refractivity contribution in [3.8, 4) is 0 Å². The number of aryl methyl sites for hydroxylation is 2. The average Bonchev–Trinajstić information content (AvgIpc) is 2.76. The van der Waals surface area contributed by atoms with Crippen molar-refractivity contribution in [2.75, 3.05) is 13.1 Å². The summed E-state index contributed by atoms with van der Waals surface area (Å²) in [6.45, 7) is 6.02. The van der Waals surface area contributed by atoms with Crippen molar-refractivity contribution >= 4 is 5.91 Å². The fourth-order valence-corrected chi connectivity index (χ4v) is 2.22. The Bertz CT molecular complexity index is 409. The Morgan fingerprint density at radius 3 is 3.00 bits per heavy atom. The molecule has 2 N–H and O–H groups in total. The van der Waals surface area contributed by atoms with Crippen LogP contribution in [0.15, 0.2) is 18.2 Å². The van der Waals surface area contributed by atoms with E-state index >= 15 is 0 Å². The number of amides is 1. The maximum absolute atomic E-state index is 11.9. The largest absolute Gasteiger partial charge is 0.352 e. The highest BCUT2D eigenvalue weighted by atomic mass is 16.1.